The number of allylic oxidation sites excluding steroid dienone is 6. The number of carbonyl (C=O) groups is 1. The zero-order chi connectivity index (χ0) is 15.7. The van der Waals surface area contributed by atoms with E-state index in [0.29, 0.717) is 16.5 Å². The number of amides is 1. The van der Waals surface area contributed by atoms with Crippen LogP contribution in [-0.2, 0) is 0 Å². The third kappa shape index (κ3) is 2.44. The summed E-state index contributed by atoms with van der Waals surface area (Å²) in [6.45, 7) is 2.12. The van der Waals surface area contributed by atoms with Crippen molar-refractivity contribution in [2.75, 3.05) is 7.11 Å². The minimum Gasteiger partial charge on any atom is -0.494 e. The number of rotatable bonds is 3. The van der Waals surface area contributed by atoms with Gasteiger partial charge >= 0.3 is 0 Å². The summed E-state index contributed by atoms with van der Waals surface area (Å²) in [6, 6.07) is 1.85. The summed E-state index contributed by atoms with van der Waals surface area (Å²) in [5.41, 5.74) is 7.34. The van der Waals surface area contributed by atoms with Crippen molar-refractivity contribution in [1.29, 1.82) is 0 Å². The quantitative estimate of drug-likeness (QED) is 0.942. The molecule has 22 heavy (non-hydrogen) atoms. The van der Waals surface area contributed by atoms with E-state index in [0.717, 1.165) is 21.4 Å². The first-order chi connectivity index (χ1) is 10.6. The maximum absolute atomic E-state index is 11.6. The Hall–Kier alpha value is -2.40. The van der Waals surface area contributed by atoms with Gasteiger partial charge in [-0.05, 0) is 17.6 Å². The number of carbonyl (C=O) groups excluding carboxylic acids is 1. The number of nitrogens with two attached hydrogens (primary N) is 1. The molecule has 0 aromatic carbocycles. The van der Waals surface area contributed by atoms with Crippen molar-refractivity contribution in [3.05, 3.63) is 53.2 Å². The number of hydrogen-bond acceptors (Lipinski definition) is 4. The Morgan fingerprint density at radius 2 is 2.23 bits per heavy atom. The van der Waals surface area contributed by atoms with Gasteiger partial charge in [0.25, 0.3) is 5.91 Å². The number of nitrogens with zero attached hydrogens (tertiary/aromatic N) is 1. The van der Waals surface area contributed by atoms with E-state index in [1.54, 1.807) is 13.3 Å². The SMILES string of the molecule is COc1c(C(N)=O)sc2c(C3=CC(C)C=CC=C3)nccc12. The molecule has 2 N–H and O–H groups in total. The normalized spacial score (nSPS) is 17.4. The van der Waals surface area contributed by atoms with Gasteiger partial charge in [0.1, 0.15) is 10.6 Å². The Labute approximate surface area is 132 Å². The second-order valence-electron chi connectivity index (χ2n) is 5.09. The van der Waals surface area contributed by atoms with Crippen molar-refractivity contribution in [2.24, 2.45) is 11.7 Å². The molecule has 0 spiro atoms. The lowest BCUT2D eigenvalue weighted by Crippen LogP contribution is -2.09. The predicted molar refractivity (Wildman–Crippen MR) is 90.1 cm³/mol. The first kappa shape index (κ1) is 14.5. The van der Waals surface area contributed by atoms with Gasteiger partial charge in [0.15, 0.2) is 0 Å². The molecule has 2 aromatic rings. The van der Waals surface area contributed by atoms with Crippen LogP contribution in [0.4, 0.5) is 0 Å². The van der Waals surface area contributed by atoms with Crippen LogP contribution in [0.1, 0.15) is 22.3 Å². The number of hydrogen-bond donors (Lipinski definition) is 1. The molecule has 1 atom stereocenters. The number of pyridine rings is 1. The van der Waals surface area contributed by atoms with E-state index in [1.165, 1.54) is 11.3 Å². The standard InChI is InChI=1S/C17H16N2O2S/c1-10-5-3-4-6-11(9-10)13-15-12(7-8-19-13)14(21-2)16(22-15)17(18)20/h3-10H,1-2H3,(H2,18,20). The maximum Gasteiger partial charge on any atom is 0.262 e. The van der Waals surface area contributed by atoms with Crippen LogP contribution in [0, 0.1) is 5.92 Å². The molecule has 4 nitrogen and oxygen atoms in total. The Kier molecular flexibility index (Phi) is 3.81. The monoisotopic (exact) mass is 312 g/mol. The van der Waals surface area contributed by atoms with Gasteiger partial charge in [-0.3, -0.25) is 9.78 Å². The van der Waals surface area contributed by atoms with Crippen molar-refractivity contribution in [1.82, 2.24) is 4.98 Å². The summed E-state index contributed by atoms with van der Waals surface area (Å²) in [5.74, 6) is 0.365. The molecule has 5 heteroatoms. The fourth-order valence-corrected chi connectivity index (χ4v) is 3.65. The summed E-state index contributed by atoms with van der Waals surface area (Å²) in [7, 11) is 1.55. The van der Waals surface area contributed by atoms with Gasteiger partial charge in [-0.25, -0.2) is 0 Å². The van der Waals surface area contributed by atoms with Crippen LogP contribution in [0.15, 0.2) is 42.6 Å². The molecule has 2 aromatic heterocycles. The Bertz CT molecular complexity index is 831. The van der Waals surface area contributed by atoms with E-state index in [-0.39, 0.29) is 0 Å². The molecular weight excluding hydrogens is 296 g/mol. The van der Waals surface area contributed by atoms with Crippen LogP contribution in [-0.4, -0.2) is 18.0 Å². The van der Waals surface area contributed by atoms with Crippen molar-refractivity contribution < 1.29 is 9.53 Å². The number of thiophene rings is 1. The maximum atomic E-state index is 11.6. The number of ether oxygens (including phenoxy) is 1. The molecule has 0 saturated carbocycles. The molecule has 2 heterocycles. The zero-order valence-corrected chi connectivity index (χ0v) is 13.2. The van der Waals surface area contributed by atoms with E-state index in [4.69, 9.17) is 10.5 Å². The zero-order valence-electron chi connectivity index (χ0n) is 12.4. The first-order valence-electron chi connectivity index (χ1n) is 6.94. The summed E-state index contributed by atoms with van der Waals surface area (Å²) in [6.07, 6.45) is 12.0. The number of aromatic nitrogens is 1. The molecule has 0 saturated heterocycles. The number of methoxy groups -OCH3 is 1. The molecule has 0 bridgehead atoms. The Morgan fingerprint density at radius 3 is 2.95 bits per heavy atom. The van der Waals surface area contributed by atoms with Gasteiger partial charge in [-0.15, -0.1) is 11.3 Å². The summed E-state index contributed by atoms with van der Waals surface area (Å²) >= 11 is 1.33. The Morgan fingerprint density at radius 1 is 1.41 bits per heavy atom. The van der Waals surface area contributed by atoms with Crippen molar-refractivity contribution >= 4 is 32.9 Å². The minimum atomic E-state index is -0.482. The molecule has 112 valence electrons. The number of fused-ring (bicyclic) bond motifs is 1. The molecule has 1 unspecified atom stereocenters. The molecule has 3 rings (SSSR count). The van der Waals surface area contributed by atoms with Crippen molar-refractivity contribution in [3.8, 4) is 5.75 Å². The predicted octanol–water partition coefficient (Wildman–Crippen LogP) is 3.55. The van der Waals surface area contributed by atoms with Crippen LogP contribution in [0.2, 0.25) is 0 Å². The number of primary amides is 1. The van der Waals surface area contributed by atoms with Gasteiger partial charge in [-0.1, -0.05) is 37.3 Å². The highest BCUT2D eigenvalue weighted by molar-refractivity contribution is 7.21. The van der Waals surface area contributed by atoms with E-state index in [1.807, 2.05) is 24.3 Å². The molecular formula is C17H16N2O2S. The summed E-state index contributed by atoms with van der Waals surface area (Å²) < 4.78 is 6.29. The second kappa shape index (κ2) is 5.77. The van der Waals surface area contributed by atoms with Crippen LogP contribution in [0.3, 0.4) is 0 Å². The van der Waals surface area contributed by atoms with Crippen LogP contribution in [0.25, 0.3) is 15.7 Å². The summed E-state index contributed by atoms with van der Waals surface area (Å²) in [5, 5.41) is 0.866. The molecule has 1 amide bonds. The fraction of sp³-hybridized carbons (Fsp3) is 0.176. The highest BCUT2D eigenvalue weighted by Gasteiger charge is 2.20. The third-order valence-electron chi connectivity index (χ3n) is 3.50. The third-order valence-corrected chi connectivity index (χ3v) is 4.71. The molecule has 1 aliphatic rings. The topological polar surface area (TPSA) is 65.2 Å². The molecule has 0 fully saturated rings. The lowest BCUT2D eigenvalue weighted by Gasteiger charge is -2.05. The summed E-state index contributed by atoms with van der Waals surface area (Å²) in [4.78, 5) is 16.6. The highest BCUT2D eigenvalue weighted by Crippen LogP contribution is 2.40. The van der Waals surface area contributed by atoms with Crippen LogP contribution < -0.4 is 10.5 Å². The fourth-order valence-electron chi connectivity index (χ4n) is 2.52. The first-order valence-corrected chi connectivity index (χ1v) is 7.76. The van der Waals surface area contributed by atoms with E-state index >= 15 is 0 Å². The second-order valence-corrected chi connectivity index (χ2v) is 6.11. The molecule has 0 radical (unpaired) electrons. The van der Waals surface area contributed by atoms with E-state index in [2.05, 4.69) is 24.1 Å². The van der Waals surface area contributed by atoms with Gasteiger partial charge in [0.05, 0.1) is 17.5 Å². The average Bonchev–Trinajstić information content (AvgIpc) is 2.75. The largest absolute Gasteiger partial charge is 0.494 e. The van der Waals surface area contributed by atoms with Gasteiger partial charge in [-0.2, -0.15) is 0 Å². The van der Waals surface area contributed by atoms with Gasteiger partial charge in [0.2, 0.25) is 0 Å². The lowest BCUT2D eigenvalue weighted by atomic mass is 10.0. The van der Waals surface area contributed by atoms with Gasteiger partial charge < -0.3 is 10.5 Å². The highest BCUT2D eigenvalue weighted by atomic mass is 32.1. The molecule has 1 aliphatic carbocycles. The average molecular weight is 312 g/mol. The van der Waals surface area contributed by atoms with E-state index < -0.39 is 5.91 Å². The van der Waals surface area contributed by atoms with Gasteiger partial charge in [0, 0.05) is 11.6 Å². The van der Waals surface area contributed by atoms with Crippen LogP contribution >= 0.6 is 11.3 Å². The van der Waals surface area contributed by atoms with Crippen LogP contribution in [0.5, 0.6) is 5.75 Å². The molecule has 0 aliphatic heterocycles. The minimum absolute atomic E-state index is 0.319. The van der Waals surface area contributed by atoms with Crippen molar-refractivity contribution in [2.45, 2.75) is 6.92 Å². The van der Waals surface area contributed by atoms with E-state index in [9.17, 15) is 4.79 Å². The van der Waals surface area contributed by atoms with Crippen molar-refractivity contribution in [3.63, 3.8) is 0 Å². The lowest BCUT2D eigenvalue weighted by molar-refractivity contribution is 0.100. The smallest absolute Gasteiger partial charge is 0.262 e. The Balaban J connectivity index is 2.26.